The Kier molecular flexibility index (Phi) is 4.47. The molecule has 2 aromatic heterocycles. The van der Waals surface area contributed by atoms with Crippen molar-refractivity contribution >= 4 is 21.7 Å². The smallest absolute Gasteiger partial charge is 0.264 e. The van der Waals surface area contributed by atoms with Gasteiger partial charge in [0.2, 0.25) is 0 Å². The van der Waals surface area contributed by atoms with Crippen LogP contribution in [0.2, 0.25) is 0 Å². The van der Waals surface area contributed by atoms with Gasteiger partial charge in [-0.25, -0.2) is 18.4 Å². The number of sulfonamides is 1. The highest BCUT2D eigenvalue weighted by Gasteiger charge is 2.19. The SMILES string of the molecule is C[C@H]1CCCN(c2ccc(S(=O)(=O)Nc3ccccn3)cn2)C1. The Morgan fingerprint density at radius 2 is 2.09 bits per heavy atom. The average Bonchev–Trinajstić information content (AvgIpc) is 2.55. The number of nitrogens with one attached hydrogen (secondary N) is 1. The zero-order chi connectivity index (χ0) is 16.3. The van der Waals surface area contributed by atoms with Crippen molar-refractivity contribution in [3.8, 4) is 0 Å². The van der Waals surface area contributed by atoms with Gasteiger partial charge in [-0.1, -0.05) is 13.0 Å². The van der Waals surface area contributed by atoms with E-state index in [2.05, 4.69) is 26.5 Å². The molecule has 2 aromatic rings. The molecule has 1 aliphatic rings. The lowest BCUT2D eigenvalue weighted by molar-refractivity contribution is 0.444. The summed E-state index contributed by atoms with van der Waals surface area (Å²) in [6.45, 7) is 4.16. The Hall–Kier alpha value is -2.15. The second kappa shape index (κ2) is 6.54. The molecule has 0 bridgehead atoms. The van der Waals surface area contributed by atoms with Crippen LogP contribution in [-0.4, -0.2) is 31.5 Å². The zero-order valence-corrected chi connectivity index (χ0v) is 13.8. The van der Waals surface area contributed by atoms with E-state index in [9.17, 15) is 8.42 Å². The first kappa shape index (κ1) is 15.7. The summed E-state index contributed by atoms with van der Waals surface area (Å²) >= 11 is 0. The summed E-state index contributed by atoms with van der Waals surface area (Å²) in [6, 6.07) is 8.42. The lowest BCUT2D eigenvalue weighted by atomic mass is 10.0. The molecule has 1 fully saturated rings. The van der Waals surface area contributed by atoms with E-state index < -0.39 is 10.0 Å². The molecule has 3 heterocycles. The van der Waals surface area contributed by atoms with Crippen LogP contribution in [0.3, 0.4) is 0 Å². The van der Waals surface area contributed by atoms with Gasteiger partial charge in [0.1, 0.15) is 16.5 Å². The maximum absolute atomic E-state index is 12.3. The fraction of sp³-hybridized carbons (Fsp3) is 0.375. The number of piperidine rings is 1. The molecule has 0 aromatic carbocycles. The van der Waals surface area contributed by atoms with Crippen molar-refractivity contribution in [2.75, 3.05) is 22.7 Å². The normalized spacial score (nSPS) is 18.7. The summed E-state index contributed by atoms with van der Waals surface area (Å²) in [5, 5.41) is 0. The molecule has 0 radical (unpaired) electrons. The molecule has 6 nitrogen and oxygen atoms in total. The highest BCUT2D eigenvalue weighted by Crippen LogP contribution is 2.22. The second-order valence-electron chi connectivity index (χ2n) is 5.87. The van der Waals surface area contributed by atoms with Crippen molar-refractivity contribution in [1.82, 2.24) is 9.97 Å². The van der Waals surface area contributed by atoms with Crippen molar-refractivity contribution in [2.45, 2.75) is 24.7 Å². The number of rotatable bonds is 4. The summed E-state index contributed by atoms with van der Waals surface area (Å²) < 4.78 is 27.1. The third-order valence-corrected chi connectivity index (χ3v) is 5.26. The van der Waals surface area contributed by atoms with Gasteiger partial charge in [-0.15, -0.1) is 0 Å². The Labute approximate surface area is 136 Å². The van der Waals surface area contributed by atoms with Crippen LogP contribution >= 0.6 is 0 Å². The van der Waals surface area contributed by atoms with E-state index in [1.165, 1.54) is 18.8 Å². The van der Waals surface area contributed by atoms with Gasteiger partial charge >= 0.3 is 0 Å². The number of aromatic nitrogens is 2. The van der Waals surface area contributed by atoms with E-state index in [-0.39, 0.29) is 4.90 Å². The minimum absolute atomic E-state index is 0.136. The van der Waals surface area contributed by atoms with E-state index in [1.807, 2.05) is 0 Å². The minimum atomic E-state index is -3.67. The van der Waals surface area contributed by atoms with Gasteiger partial charge in [-0.3, -0.25) is 4.72 Å². The second-order valence-corrected chi connectivity index (χ2v) is 7.55. The fourth-order valence-electron chi connectivity index (χ4n) is 2.74. The molecule has 0 aliphatic carbocycles. The van der Waals surface area contributed by atoms with Crippen molar-refractivity contribution < 1.29 is 8.42 Å². The highest BCUT2D eigenvalue weighted by atomic mass is 32.2. The molecule has 0 spiro atoms. The Morgan fingerprint density at radius 3 is 2.74 bits per heavy atom. The molecule has 1 atom stereocenters. The van der Waals surface area contributed by atoms with E-state index in [0.717, 1.165) is 25.3 Å². The van der Waals surface area contributed by atoms with Gasteiger partial charge in [-0.2, -0.15) is 0 Å². The van der Waals surface area contributed by atoms with Crippen molar-refractivity contribution in [1.29, 1.82) is 0 Å². The van der Waals surface area contributed by atoms with Gasteiger partial charge in [0.25, 0.3) is 10.0 Å². The van der Waals surface area contributed by atoms with Crippen LogP contribution in [0.4, 0.5) is 11.6 Å². The van der Waals surface area contributed by atoms with E-state index >= 15 is 0 Å². The van der Waals surface area contributed by atoms with Crippen molar-refractivity contribution in [2.24, 2.45) is 5.92 Å². The Bertz CT molecular complexity index is 747. The first-order chi connectivity index (χ1) is 11.0. The van der Waals surface area contributed by atoms with E-state index in [0.29, 0.717) is 11.7 Å². The van der Waals surface area contributed by atoms with Gasteiger partial charge in [-0.05, 0) is 43.0 Å². The lowest BCUT2D eigenvalue weighted by Crippen LogP contribution is -2.34. The summed E-state index contributed by atoms with van der Waals surface area (Å²) in [6.07, 6.45) is 5.32. The predicted octanol–water partition coefficient (Wildman–Crippen LogP) is 2.51. The number of hydrogen-bond donors (Lipinski definition) is 1. The maximum atomic E-state index is 12.3. The topological polar surface area (TPSA) is 75.2 Å². The summed E-state index contributed by atoms with van der Waals surface area (Å²) in [5.41, 5.74) is 0. The number of hydrogen-bond acceptors (Lipinski definition) is 5. The van der Waals surface area contributed by atoms with E-state index in [1.54, 1.807) is 30.3 Å². The van der Waals surface area contributed by atoms with Gasteiger partial charge in [0, 0.05) is 25.5 Å². The molecular formula is C16H20N4O2S. The molecule has 7 heteroatoms. The van der Waals surface area contributed by atoms with Crippen LogP contribution in [0.15, 0.2) is 47.6 Å². The zero-order valence-electron chi connectivity index (χ0n) is 13.0. The van der Waals surface area contributed by atoms with Crippen molar-refractivity contribution in [3.05, 3.63) is 42.7 Å². The highest BCUT2D eigenvalue weighted by molar-refractivity contribution is 7.92. The lowest BCUT2D eigenvalue weighted by Gasteiger charge is -2.31. The Morgan fingerprint density at radius 1 is 1.22 bits per heavy atom. The van der Waals surface area contributed by atoms with E-state index in [4.69, 9.17) is 0 Å². The Balaban J connectivity index is 1.76. The molecule has 1 N–H and O–H groups in total. The quantitative estimate of drug-likeness (QED) is 0.931. The number of anilines is 2. The molecule has 0 unspecified atom stereocenters. The molecule has 1 aliphatic heterocycles. The standard InChI is InChI=1S/C16H20N4O2S/c1-13-5-4-10-20(12-13)16-8-7-14(11-18-16)23(21,22)19-15-6-2-3-9-17-15/h2-3,6-9,11,13H,4-5,10,12H2,1H3,(H,17,19)/t13-/m0/s1. The third kappa shape index (κ3) is 3.79. The third-order valence-electron chi connectivity index (χ3n) is 3.92. The molecule has 23 heavy (non-hydrogen) atoms. The summed E-state index contributed by atoms with van der Waals surface area (Å²) in [7, 11) is -3.67. The average molecular weight is 332 g/mol. The molecule has 122 valence electrons. The molecular weight excluding hydrogens is 312 g/mol. The monoisotopic (exact) mass is 332 g/mol. The number of nitrogens with zero attached hydrogens (tertiary/aromatic N) is 3. The first-order valence-electron chi connectivity index (χ1n) is 7.69. The largest absolute Gasteiger partial charge is 0.356 e. The van der Waals surface area contributed by atoms with Crippen LogP contribution in [0, 0.1) is 5.92 Å². The van der Waals surface area contributed by atoms with Gasteiger partial charge in [0.05, 0.1) is 0 Å². The number of pyridine rings is 2. The molecule has 3 rings (SSSR count). The molecule has 0 amide bonds. The first-order valence-corrected chi connectivity index (χ1v) is 9.18. The van der Waals surface area contributed by atoms with Gasteiger partial charge in [0.15, 0.2) is 0 Å². The minimum Gasteiger partial charge on any atom is -0.356 e. The molecule has 0 saturated carbocycles. The van der Waals surface area contributed by atoms with Crippen LogP contribution < -0.4 is 9.62 Å². The van der Waals surface area contributed by atoms with Crippen LogP contribution in [0.25, 0.3) is 0 Å². The van der Waals surface area contributed by atoms with Crippen molar-refractivity contribution in [3.63, 3.8) is 0 Å². The maximum Gasteiger partial charge on any atom is 0.264 e. The van der Waals surface area contributed by atoms with Crippen LogP contribution in [0.1, 0.15) is 19.8 Å². The summed E-state index contributed by atoms with van der Waals surface area (Å²) in [5.74, 6) is 1.76. The summed E-state index contributed by atoms with van der Waals surface area (Å²) in [4.78, 5) is 10.6. The van der Waals surface area contributed by atoms with Gasteiger partial charge < -0.3 is 4.90 Å². The van der Waals surface area contributed by atoms with Crippen LogP contribution in [-0.2, 0) is 10.0 Å². The molecule has 1 saturated heterocycles. The predicted molar refractivity (Wildman–Crippen MR) is 89.9 cm³/mol. The fourth-order valence-corrected chi connectivity index (χ4v) is 3.69. The van der Waals surface area contributed by atoms with Crippen LogP contribution in [0.5, 0.6) is 0 Å².